The zero-order valence-corrected chi connectivity index (χ0v) is 16.5. The molecule has 0 spiro atoms. The molecule has 0 aromatic heterocycles. The molecule has 1 unspecified atom stereocenters. The van der Waals surface area contributed by atoms with Gasteiger partial charge in [-0.15, -0.1) is 24.8 Å². The van der Waals surface area contributed by atoms with Gasteiger partial charge < -0.3 is 14.5 Å². The van der Waals surface area contributed by atoms with E-state index in [0.29, 0.717) is 0 Å². The molecule has 22 heavy (non-hydrogen) atoms. The van der Waals surface area contributed by atoms with E-state index in [1.165, 1.54) is 46.0 Å². The van der Waals surface area contributed by atoms with Crippen molar-refractivity contribution in [1.29, 1.82) is 0 Å². The number of nitrogens with one attached hydrogen (secondary N) is 1. The molecule has 1 fully saturated rings. The average Bonchev–Trinajstić information content (AvgIpc) is 2.48. The Morgan fingerprint density at radius 2 is 1.86 bits per heavy atom. The summed E-state index contributed by atoms with van der Waals surface area (Å²) >= 11 is 3.70. The average molecular weight is 413 g/mol. The first-order valence-corrected chi connectivity index (χ1v) is 8.32. The standard InChI is InChI=1S/C16H24BrN2O.2ClH/c1-19(9-7-18-8-10-19)12-3-4-13-14(11-12)16(20-2)6-5-15(13)17;;/h5-6,12,18H,3-4,7-11H2,1-2H3;2*1H/q+1;;. The Kier molecular flexibility index (Phi) is 7.47. The van der Waals surface area contributed by atoms with Gasteiger partial charge in [0.2, 0.25) is 0 Å². The molecule has 3 nitrogen and oxygen atoms in total. The van der Waals surface area contributed by atoms with E-state index >= 15 is 0 Å². The number of hydrogen-bond acceptors (Lipinski definition) is 2. The highest BCUT2D eigenvalue weighted by Crippen LogP contribution is 2.37. The van der Waals surface area contributed by atoms with Gasteiger partial charge >= 0.3 is 0 Å². The Bertz CT molecular complexity index is 507. The van der Waals surface area contributed by atoms with Crippen molar-refractivity contribution in [3.05, 3.63) is 27.7 Å². The highest BCUT2D eigenvalue weighted by atomic mass is 79.9. The van der Waals surface area contributed by atoms with Crippen LogP contribution in [0.3, 0.4) is 0 Å². The molecule has 0 bridgehead atoms. The van der Waals surface area contributed by atoms with Crippen molar-refractivity contribution in [1.82, 2.24) is 5.32 Å². The molecule has 1 aliphatic carbocycles. The maximum atomic E-state index is 5.60. The van der Waals surface area contributed by atoms with Crippen LogP contribution in [0.5, 0.6) is 5.75 Å². The first-order chi connectivity index (χ1) is 9.64. The molecule has 2 aliphatic rings. The van der Waals surface area contributed by atoms with Crippen molar-refractivity contribution in [2.45, 2.75) is 25.3 Å². The Labute approximate surface area is 154 Å². The van der Waals surface area contributed by atoms with E-state index < -0.39 is 0 Å². The van der Waals surface area contributed by atoms with Crippen molar-refractivity contribution < 1.29 is 9.22 Å². The third kappa shape index (κ3) is 3.73. The summed E-state index contributed by atoms with van der Waals surface area (Å²) in [6.45, 7) is 4.79. The van der Waals surface area contributed by atoms with Gasteiger partial charge in [0.1, 0.15) is 5.75 Å². The highest BCUT2D eigenvalue weighted by Gasteiger charge is 2.37. The van der Waals surface area contributed by atoms with Crippen LogP contribution < -0.4 is 10.1 Å². The largest absolute Gasteiger partial charge is 0.496 e. The molecule has 0 radical (unpaired) electrons. The zero-order valence-electron chi connectivity index (χ0n) is 13.2. The van der Waals surface area contributed by atoms with Gasteiger partial charge in [-0.25, -0.2) is 0 Å². The zero-order chi connectivity index (χ0) is 14.2. The molecule has 3 rings (SSSR count). The smallest absolute Gasteiger partial charge is 0.122 e. The molecule has 0 amide bonds. The van der Waals surface area contributed by atoms with Crippen LogP contribution in [0, 0.1) is 0 Å². The van der Waals surface area contributed by atoms with Crippen molar-refractivity contribution in [2.24, 2.45) is 0 Å². The predicted octanol–water partition coefficient (Wildman–Crippen LogP) is 3.21. The summed E-state index contributed by atoms with van der Waals surface area (Å²) in [6.07, 6.45) is 3.60. The molecule has 1 aliphatic heterocycles. The normalized spacial score (nSPS) is 22.8. The van der Waals surface area contributed by atoms with Crippen LogP contribution in [0.15, 0.2) is 16.6 Å². The fourth-order valence-electron chi connectivity index (χ4n) is 3.78. The van der Waals surface area contributed by atoms with Crippen molar-refractivity contribution in [3.8, 4) is 5.75 Å². The minimum Gasteiger partial charge on any atom is -0.496 e. The van der Waals surface area contributed by atoms with E-state index in [9.17, 15) is 0 Å². The minimum atomic E-state index is 0. The van der Waals surface area contributed by atoms with E-state index in [0.717, 1.165) is 31.3 Å². The van der Waals surface area contributed by atoms with Crippen molar-refractivity contribution in [2.75, 3.05) is 40.3 Å². The quantitative estimate of drug-likeness (QED) is 0.753. The van der Waals surface area contributed by atoms with Crippen LogP contribution in [0.25, 0.3) is 0 Å². The van der Waals surface area contributed by atoms with E-state index in [1.54, 1.807) is 7.11 Å². The lowest BCUT2D eigenvalue weighted by Gasteiger charge is -2.46. The summed E-state index contributed by atoms with van der Waals surface area (Å²) in [7, 11) is 4.22. The van der Waals surface area contributed by atoms with Crippen molar-refractivity contribution >= 4 is 40.7 Å². The molecule has 1 aromatic carbocycles. The summed E-state index contributed by atoms with van der Waals surface area (Å²) in [4.78, 5) is 0. The Morgan fingerprint density at radius 1 is 1.18 bits per heavy atom. The van der Waals surface area contributed by atoms with E-state index in [2.05, 4.69) is 40.4 Å². The number of ether oxygens (including phenoxy) is 1. The molecule has 1 atom stereocenters. The molecule has 1 heterocycles. The first-order valence-electron chi connectivity index (χ1n) is 7.53. The minimum absolute atomic E-state index is 0. The summed E-state index contributed by atoms with van der Waals surface area (Å²) in [5, 5.41) is 3.48. The summed E-state index contributed by atoms with van der Waals surface area (Å²) in [5.41, 5.74) is 2.89. The van der Waals surface area contributed by atoms with Crippen LogP contribution in [0.2, 0.25) is 0 Å². The number of benzene rings is 1. The Balaban J connectivity index is 0.00000121. The summed E-state index contributed by atoms with van der Waals surface area (Å²) in [6, 6.07) is 4.95. The number of likely N-dealkylation sites (N-methyl/N-ethyl adjacent to an activating group) is 1. The molecular formula is C16H26BrCl2N2O+. The van der Waals surface area contributed by atoms with Crippen molar-refractivity contribution in [3.63, 3.8) is 0 Å². The van der Waals surface area contributed by atoms with Gasteiger partial charge in [0.15, 0.2) is 0 Å². The fraction of sp³-hybridized carbons (Fsp3) is 0.625. The highest BCUT2D eigenvalue weighted by molar-refractivity contribution is 9.10. The molecule has 126 valence electrons. The first kappa shape index (κ1) is 20.0. The third-order valence-corrected chi connectivity index (χ3v) is 5.94. The van der Waals surface area contributed by atoms with Gasteiger partial charge in [-0.2, -0.15) is 0 Å². The van der Waals surface area contributed by atoms with Gasteiger partial charge in [-0.05, 0) is 24.1 Å². The number of hydrogen-bond donors (Lipinski definition) is 1. The van der Waals surface area contributed by atoms with Gasteiger partial charge in [0, 0.05) is 36.0 Å². The van der Waals surface area contributed by atoms with Crippen LogP contribution in [0.4, 0.5) is 0 Å². The molecule has 1 aromatic rings. The number of fused-ring (bicyclic) bond motifs is 1. The van der Waals surface area contributed by atoms with E-state index in [4.69, 9.17) is 4.74 Å². The lowest BCUT2D eigenvalue weighted by molar-refractivity contribution is -0.935. The van der Waals surface area contributed by atoms with Gasteiger partial charge in [-0.3, -0.25) is 0 Å². The monoisotopic (exact) mass is 411 g/mol. The topological polar surface area (TPSA) is 21.3 Å². The Morgan fingerprint density at radius 3 is 2.50 bits per heavy atom. The Hall–Kier alpha value is -0.000000000000000222. The maximum Gasteiger partial charge on any atom is 0.122 e. The summed E-state index contributed by atoms with van der Waals surface area (Å²) in [5.74, 6) is 1.06. The second kappa shape index (κ2) is 8.20. The van der Waals surface area contributed by atoms with Crippen LogP contribution in [0.1, 0.15) is 17.5 Å². The predicted molar refractivity (Wildman–Crippen MR) is 99.8 cm³/mol. The number of rotatable bonds is 2. The number of quaternary nitrogens is 1. The second-order valence-electron chi connectivity index (χ2n) is 6.28. The van der Waals surface area contributed by atoms with Crippen LogP contribution in [-0.2, 0) is 12.8 Å². The molecular weight excluding hydrogens is 387 g/mol. The molecule has 1 N–H and O–H groups in total. The maximum absolute atomic E-state index is 5.60. The number of nitrogens with zero attached hydrogens (tertiary/aromatic N) is 1. The van der Waals surface area contributed by atoms with Crippen LogP contribution in [-0.4, -0.2) is 50.9 Å². The van der Waals surface area contributed by atoms with Gasteiger partial charge in [-0.1, -0.05) is 15.9 Å². The number of methoxy groups -OCH3 is 1. The van der Waals surface area contributed by atoms with Gasteiger partial charge in [0.25, 0.3) is 0 Å². The third-order valence-electron chi connectivity index (χ3n) is 5.20. The lowest BCUT2D eigenvalue weighted by Crippen LogP contribution is -2.62. The molecule has 0 saturated carbocycles. The van der Waals surface area contributed by atoms with E-state index in [-0.39, 0.29) is 24.8 Å². The molecule has 6 heteroatoms. The SMILES string of the molecule is COc1ccc(Br)c2c1CC([N+]1(C)CCNCC1)CC2.Cl.Cl. The van der Waals surface area contributed by atoms with Gasteiger partial charge in [0.05, 0.1) is 33.3 Å². The number of piperazine rings is 1. The molecule has 1 saturated heterocycles. The number of halogens is 3. The lowest BCUT2D eigenvalue weighted by atomic mass is 9.85. The fourth-order valence-corrected chi connectivity index (χ4v) is 4.35. The summed E-state index contributed by atoms with van der Waals surface area (Å²) < 4.78 is 8.05. The van der Waals surface area contributed by atoms with E-state index in [1.807, 2.05) is 0 Å². The second-order valence-corrected chi connectivity index (χ2v) is 7.13. The van der Waals surface area contributed by atoms with Crippen LogP contribution >= 0.6 is 40.7 Å².